The fourth-order valence-electron chi connectivity index (χ4n) is 1.60. The molecule has 0 amide bonds. The molecule has 2 aromatic rings. The monoisotopic (exact) mass is 291 g/mol. The topological polar surface area (TPSA) is 63.5 Å². The summed E-state index contributed by atoms with van der Waals surface area (Å²) in [5, 5.41) is 1.84. The second-order valence-corrected chi connectivity index (χ2v) is 6.97. The van der Waals surface area contributed by atoms with E-state index in [1.807, 2.05) is 0 Å². The Balaban J connectivity index is 2.00. The molecule has 92 valence electrons. The molecule has 1 aliphatic rings. The molecule has 0 aliphatic heterocycles. The predicted molar refractivity (Wildman–Crippen MR) is 66.0 cm³/mol. The van der Waals surface area contributed by atoms with E-state index in [0.29, 0.717) is 17.4 Å². The highest BCUT2D eigenvalue weighted by Crippen LogP contribution is 2.29. The zero-order chi connectivity index (χ0) is 12.0. The quantitative estimate of drug-likeness (QED) is 0.933. The highest BCUT2D eigenvalue weighted by molar-refractivity contribution is 7.89. The number of hydrogen-bond donors (Lipinski definition) is 1. The van der Waals surface area contributed by atoms with Crippen molar-refractivity contribution >= 4 is 37.9 Å². The molecule has 2 heterocycles. The minimum Gasteiger partial charge on any atom is -0.279 e. The third-order valence-corrected chi connectivity index (χ3v) is 5.27. The lowest BCUT2D eigenvalue weighted by Gasteiger charge is -2.04. The number of halogens is 1. The van der Waals surface area contributed by atoms with E-state index in [2.05, 4.69) is 9.71 Å². The third kappa shape index (κ3) is 2.08. The number of fused-ring (bicyclic) bond motifs is 1. The SMILES string of the molecule is O=S(=O)(NCC1CC1)c1c(Cl)nc2sccn12. The van der Waals surface area contributed by atoms with E-state index in [1.165, 1.54) is 15.7 Å². The Kier molecular flexibility index (Phi) is 2.66. The van der Waals surface area contributed by atoms with E-state index < -0.39 is 10.0 Å². The predicted octanol–water partition coefficient (Wildman–Crippen LogP) is 1.74. The van der Waals surface area contributed by atoms with Crippen molar-refractivity contribution in [2.45, 2.75) is 17.9 Å². The molecule has 1 N–H and O–H groups in total. The molecule has 3 rings (SSSR count). The minimum atomic E-state index is -3.57. The van der Waals surface area contributed by atoms with Crippen LogP contribution in [0.15, 0.2) is 16.6 Å². The van der Waals surface area contributed by atoms with Gasteiger partial charge in [-0.25, -0.2) is 18.1 Å². The summed E-state index contributed by atoms with van der Waals surface area (Å²) in [5.74, 6) is 0.481. The number of nitrogens with zero attached hydrogens (tertiary/aromatic N) is 2. The molecule has 8 heteroatoms. The van der Waals surface area contributed by atoms with Crippen LogP contribution < -0.4 is 4.72 Å². The summed E-state index contributed by atoms with van der Waals surface area (Å²) in [5.41, 5.74) is 0. The Bertz CT molecular complexity index is 657. The van der Waals surface area contributed by atoms with Crippen LogP contribution in [0.3, 0.4) is 0 Å². The highest BCUT2D eigenvalue weighted by atomic mass is 35.5. The number of imidazole rings is 1. The summed E-state index contributed by atoms with van der Waals surface area (Å²) >= 11 is 7.23. The largest absolute Gasteiger partial charge is 0.279 e. The maximum atomic E-state index is 12.1. The molecule has 17 heavy (non-hydrogen) atoms. The second kappa shape index (κ2) is 3.94. The molecule has 5 nitrogen and oxygen atoms in total. The summed E-state index contributed by atoms with van der Waals surface area (Å²) in [4.78, 5) is 4.59. The second-order valence-electron chi connectivity index (χ2n) is 4.06. The Labute approximate surface area is 107 Å². The van der Waals surface area contributed by atoms with Crippen molar-refractivity contribution in [3.8, 4) is 0 Å². The van der Waals surface area contributed by atoms with Gasteiger partial charge >= 0.3 is 0 Å². The van der Waals surface area contributed by atoms with Crippen molar-refractivity contribution in [3.05, 3.63) is 16.7 Å². The van der Waals surface area contributed by atoms with Crippen LogP contribution in [0.4, 0.5) is 0 Å². The van der Waals surface area contributed by atoms with Crippen LogP contribution in [0.1, 0.15) is 12.8 Å². The molecule has 0 unspecified atom stereocenters. The summed E-state index contributed by atoms with van der Waals surface area (Å²) in [6, 6.07) is 0. The van der Waals surface area contributed by atoms with Crippen molar-refractivity contribution in [2.24, 2.45) is 5.92 Å². The number of thiazole rings is 1. The van der Waals surface area contributed by atoms with Crippen molar-refractivity contribution in [1.82, 2.24) is 14.1 Å². The maximum Gasteiger partial charge on any atom is 0.259 e. The van der Waals surface area contributed by atoms with Gasteiger partial charge in [0.15, 0.2) is 15.1 Å². The number of rotatable bonds is 4. The van der Waals surface area contributed by atoms with Crippen molar-refractivity contribution < 1.29 is 8.42 Å². The first-order valence-electron chi connectivity index (χ1n) is 5.18. The minimum absolute atomic E-state index is 0.0279. The van der Waals surface area contributed by atoms with Gasteiger partial charge < -0.3 is 0 Å². The molecule has 1 aliphatic carbocycles. The Morgan fingerprint density at radius 3 is 3.06 bits per heavy atom. The summed E-state index contributed by atoms with van der Waals surface area (Å²) in [6.07, 6.45) is 3.84. The molecule has 2 aromatic heterocycles. The average molecular weight is 292 g/mol. The van der Waals surface area contributed by atoms with E-state index in [4.69, 9.17) is 11.6 Å². The molecule has 0 aromatic carbocycles. The van der Waals surface area contributed by atoms with Gasteiger partial charge in [0.2, 0.25) is 0 Å². The Hall–Kier alpha value is -0.630. The number of sulfonamides is 1. The smallest absolute Gasteiger partial charge is 0.259 e. The Morgan fingerprint density at radius 2 is 2.35 bits per heavy atom. The van der Waals surface area contributed by atoms with Crippen molar-refractivity contribution in [2.75, 3.05) is 6.54 Å². The van der Waals surface area contributed by atoms with Gasteiger partial charge in [0, 0.05) is 18.1 Å². The normalized spacial score (nSPS) is 16.8. The molecule has 0 bridgehead atoms. The van der Waals surface area contributed by atoms with Gasteiger partial charge in [-0.05, 0) is 18.8 Å². The van der Waals surface area contributed by atoms with Crippen LogP contribution >= 0.6 is 22.9 Å². The Morgan fingerprint density at radius 1 is 1.59 bits per heavy atom. The molecule has 0 spiro atoms. The number of aromatic nitrogens is 2. The zero-order valence-corrected chi connectivity index (χ0v) is 11.1. The van der Waals surface area contributed by atoms with Crippen LogP contribution in [-0.4, -0.2) is 24.3 Å². The standard InChI is InChI=1S/C9H10ClN3O2S2/c10-7-8(13-3-4-16-9(13)12-7)17(14,15)11-5-6-1-2-6/h3-4,6,11H,1-2,5H2. The van der Waals surface area contributed by atoms with Crippen molar-refractivity contribution in [3.63, 3.8) is 0 Å². The molecule has 1 saturated carbocycles. The van der Waals surface area contributed by atoms with Crippen molar-refractivity contribution in [1.29, 1.82) is 0 Å². The van der Waals surface area contributed by atoms with Gasteiger partial charge in [0.25, 0.3) is 10.0 Å². The van der Waals surface area contributed by atoms with E-state index >= 15 is 0 Å². The summed E-state index contributed by atoms with van der Waals surface area (Å²) in [6.45, 7) is 0.482. The van der Waals surface area contributed by atoms with Crippen LogP contribution in [0.25, 0.3) is 4.96 Å². The van der Waals surface area contributed by atoms with E-state index in [0.717, 1.165) is 12.8 Å². The first kappa shape index (κ1) is 11.5. The fraction of sp³-hybridized carbons (Fsp3) is 0.444. The maximum absolute atomic E-state index is 12.1. The molecular weight excluding hydrogens is 282 g/mol. The van der Waals surface area contributed by atoms with Gasteiger partial charge in [-0.2, -0.15) is 0 Å². The third-order valence-electron chi connectivity index (χ3n) is 2.69. The first-order valence-corrected chi connectivity index (χ1v) is 7.93. The molecule has 0 saturated heterocycles. The molecular formula is C9H10ClN3O2S2. The van der Waals surface area contributed by atoms with Gasteiger partial charge in [-0.15, -0.1) is 11.3 Å². The first-order chi connectivity index (χ1) is 8.08. The number of hydrogen-bond acceptors (Lipinski definition) is 4. The summed E-state index contributed by atoms with van der Waals surface area (Å²) < 4.78 is 28.3. The highest BCUT2D eigenvalue weighted by Gasteiger charge is 2.28. The van der Waals surface area contributed by atoms with Crippen LogP contribution in [0, 0.1) is 5.92 Å². The zero-order valence-electron chi connectivity index (χ0n) is 8.76. The van der Waals surface area contributed by atoms with Crippen LogP contribution in [0.2, 0.25) is 5.15 Å². The van der Waals surface area contributed by atoms with Gasteiger partial charge in [0.1, 0.15) is 0 Å². The van der Waals surface area contributed by atoms with Crippen LogP contribution in [0.5, 0.6) is 0 Å². The fourth-order valence-corrected chi connectivity index (χ4v) is 4.16. The van der Waals surface area contributed by atoms with Gasteiger partial charge in [-0.1, -0.05) is 11.6 Å². The van der Waals surface area contributed by atoms with Gasteiger partial charge in [0.05, 0.1) is 0 Å². The average Bonchev–Trinajstić information content (AvgIpc) is 2.89. The lowest BCUT2D eigenvalue weighted by molar-refractivity contribution is 0.573. The summed E-state index contributed by atoms with van der Waals surface area (Å²) in [7, 11) is -3.57. The van der Waals surface area contributed by atoms with E-state index in [1.54, 1.807) is 11.6 Å². The lowest BCUT2D eigenvalue weighted by Crippen LogP contribution is -2.27. The van der Waals surface area contributed by atoms with E-state index in [9.17, 15) is 8.42 Å². The molecule has 0 atom stereocenters. The number of nitrogens with one attached hydrogen (secondary N) is 1. The molecule has 1 fully saturated rings. The van der Waals surface area contributed by atoms with E-state index in [-0.39, 0.29) is 10.2 Å². The van der Waals surface area contributed by atoms with Gasteiger partial charge in [-0.3, -0.25) is 4.40 Å². The molecule has 0 radical (unpaired) electrons. The lowest BCUT2D eigenvalue weighted by atomic mass is 10.4. The van der Waals surface area contributed by atoms with Crippen LogP contribution in [-0.2, 0) is 10.0 Å².